The van der Waals surface area contributed by atoms with Crippen molar-refractivity contribution in [1.29, 1.82) is 10.8 Å². The highest BCUT2D eigenvalue weighted by Crippen LogP contribution is 2.19. The topological polar surface area (TPSA) is 130 Å². The van der Waals surface area contributed by atoms with Crippen LogP contribution in [0.3, 0.4) is 0 Å². The van der Waals surface area contributed by atoms with Gasteiger partial charge in [0.15, 0.2) is 5.75 Å². The van der Waals surface area contributed by atoms with E-state index in [9.17, 15) is 4.79 Å². The molecular formula is C18H19N7O2. The van der Waals surface area contributed by atoms with Crippen LogP contribution in [-0.2, 0) is 0 Å². The number of carbonyl (C=O) groups is 1. The molecule has 3 aromatic rings. The first kappa shape index (κ1) is 17.9. The van der Waals surface area contributed by atoms with Gasteiger partial charge in [-0.2, -0.15) is 0 Å². The fourth-order valence-electron chi connectivity index (χ4n) is 2.21. The maximum absolute atomic E-state index is 12.6. The Morgan fingerprint density at radius 2 is 1.93 bits per heavy atom. The average molecular weight is 365 g/mol. The number of nitrogens with zero attached hydrogens (tertiary/aromatic N) is 4. The monoisotopic (exact) mass is 365 g/mol. The largest absolute Gasteiger partial charge is 0.453 e. The summed E-state index contributed by atoms with van der Waals surface area (Å²) in [6.07, 6.45) is 6.98. The minimum absolute atomic E-state index is 0. The highest BCUT2D eigenvalue weighted by Gasteiger charge is 2.14. The number of aromatic nitrogens is 4. The van der Waals surface area contributed by atoms with Crippen molar-refractivity contribution in [1.82, 2.24) is 19.5 Å². The summed E-state index contributed by atoms with van der Waals surface area (Å²) < 4.78 is 6.83. The van der Waals surface area contributed by atoms with E-state index in [1.807, 2.05) is 13.0 Å². The predicted octanol–water partition coefficient (Wildman–Crippen LogP) is 2.52. The number of nitrogens with one attached hydrogen (secondary N) is 3. The van der Waals surface area contributed by atoms with Crippen LogP contribution in [0.5, 0.6) is 11.5 Å². The molecule has 0 saturated heterocycles. The first-order valence-electron chi connectivity index (χ1n) is 7.98. The zero-order valence-electron chi connectivity index (χ0n) is 14.7. The molecule has 0 bridgehead atoms. The number of rotatable bonds is 5. The third kappa shape index (κ3) is 4.21. The zero-order chi connectivity index (χ0) is 19.4. The molecular weight excluding hydrogens is 346 g/mol. The Bertz CT molecular complexity index is 1050. The van der Waals surface area contributed by atoms with Crippen LogP contribution in [-0.4, -0.2) is 31.8 Å². The fourth-order valence-corrected chi connectivity index (χ4v) is 2.21. The van der Waals surface area contributed by atoms with Gasteiger partial charge in [-0.05, 0) is 31.5 Å². The zero-order valence-corrected chi connectivity index (χ0v) is 14.7. The van der Waals surface area contributed by atoms with Crippen LogP contribution < -0.4 is 15.5 Å². The number of hydrogen-bond donors (Lipinski definition) is 3. The Balaban J connectivity index is 0.00000280. The molecule has 0 unspecified atom stereocenters. The van der Waals surface area contributed by atoms with Gasteiger partial charge in [-0.15, -0.1) is 0 Å². The quantitative estimate of drug-likeness (QED) is 0.472. The van der Waals surface area contributed by atoms with Crippen molar-refractivity contribution < 1.29 is 11.0 Å². The standard InChI is InChI=1S/C18H17N7O2.H2/c1-11-3-4-16(23-6-11)24-18(26)15-5-13(9-25(10-19)17(15)20)27-14-7-21-12(2)22-8-14;/h3-10,19-20H,1-2H3,(H,23,24,26);1H. The first-order valence-corrected chi connectivity index (χ1v) is 7.98. The summed E-state index contributed by atoms with van der Waals surface area (Å²) >= 11 is 0. The normalized spacial score (nSPS) is 10.3. The van der Waals surface area contributed by atoms with Gasteiger partial charge in [0.05, 0.1) is 30.5 Å². The second-order valence-electron chi connectivity index (χ2n) is 5.72. The summed E-state index contributed by atoms with van der Waals surface area (Å²) in [6, 6.07) is 4.91. The molecule has 0 aliphatic heterocycles. The van der Waals surface area contributed by atoms with Crippen molar-refractivity contribution in [2.75, 3.05) is 5.32 Å². The van der Waals surface area contributed by atoms with E-state index in [1.165, 1.54) is 29.2 Å². The summed E-state index contributed by atoms with van der Waals surface area (Å²) in [7, 11) is 0. The minimum Gasteiger partial charge on any atom is -0.453 e. The van der Waals surface area contributed by atoms with Gasteiger partial charge in [-0.1, -0.05) is 6.07 Å². The molecule has 138 valence electrons. The molecule has 0 aromatic carbocycles. The van der Waals surface area contributed by atoms with E-state index < -0.39 is 5.91 Å². The van der Waals surface area contributed by atoms with Crippen LogP contribution in [0.1, 0.15) is 23.2 Å². The number of pyridine rings is 2. The molecule has 0 fully saturated rings. The number of anilines is 1. The summed E-state index contributed by atoms with van der Waals surface area (Å²) in [4.78, 5) is 24.8. The van der Waals surface area contributed by atoms with Gasteiger partial charge in [0, 0.05) is 7.62 Å². The van der Waals surface area contributed by atoms with E-state index in [4.69, 9.17) is 15.6 Å². The lowest BCUT2D eigenvalue weighted by Crippen LogP contribution is -2.29. The van der Waals surface area contributed by atoms with Crippen LogP contribution in [0.4, 0.5) is 5.82 Å². The van der Waals surface area contributed by atoms with E-state index in [0.717, 1.165) is 11.9 Å². The van der Waals surface area contributed by atoms with Crippen LogP contribution in [0, 0.1) is 24.7 Å². The lowest BCUT2D eigenvalue weighted by Gasteiger charge is -2.11. The number of amides is 1. The molecule has 0 radical (unpaired) electrons. The van der Waals surface area contributed by atoms with E-state index in [0.29, 0.717) is 17.4 Å². The van der Waals surface area contributed by atoms with E-state index in [2.05, 4.69) is 20.3 Å². The third-order valence-electron chi connectivity index (χ3n) is 3.60. The molecule has 3 heterocycles. The van der Waals surface area contributed by atoms with Crippen molar-refractivity contribution in [3.05, 3.63) is 65.4 Å². The van der Waals surface area contributed by atoms with Gasteiger partial charge < -0.3 is 10.1 Å². The van der Waals surface area contributed by atoms with Gasteiger partial charge >= 0.3 is 0 Å². The molecule has 0 saturated carbocycles. The smallest absolute Gasteiger partial charge is 0.260 e. The van der Waals surface area contributed by atoms with Crippen LogP contribution >= 0.6 is 0 Å². The van der Waals surface area contributed by atoms with Crippen molar-refractivity contribution in [3.63, 3.8) is 0 Å². The van der Waals surface area contributed by atoms with Crippen molar-refractivity contribution in [3.8, 4) is 11.5 Å². The van der Waals surface area contributed by atoms with Crippen molar-refractivity contribution in [2.45, 2.75) is 13.8 Å². The van der Waals surface area contributed by atoms with Crippen LogP contribution in [0.15, 0.2) is 43.0 Å². The molecule has 9 nitrogen and oxygen atoms in total. The van der Waals surface area contributed by atoms with Crippen LogP contribution in [0.25, 0.3) is 0 Å². The van der Waals surface area contributed by atoms with E-state index >= 15 is 0 Å². The SMILES string of the molecule is Cc1ccc(NC(=O)c2cc(Oc3cnc(C)nc3)cn(C=N)c2=N)nc1.[HH]. The summed E-state index contributed by atoms with van der Waals surface area (Å²) in [6.45, 7) is 3.65. The number of ether oxygens (including phenoxy) is 1. The van der Waals surface area contributed by atoms with Gasteiger partial charge in [-0.25, -0.2) is 15.0 Å². The average Bonchev–Trinajstić information content (AvgIpc) is 2.66. The molecule has 3 aromatic heterocycles. The number of aryl methyl sites for hydroxylation is 2. The minimum atomic E-state index is -0.530. The molecule has 0 atom stereocenters. The lowest BCUT2D eigenvalue weighted by molar-refractivity contribution is 0.102. The third-order valence-corrected chi connectivity index (χ3v) is 3.60. The Hall–Kier alpha value is -3.88. The molecule has 1 amide bonds. The van der Waals surface area contributed by atoms with Gasteiger partial charge in [0.2, 0.25) is 0 Å². The van der Waals surface area contributed by atoms with Crippen molar-refractivity contribution >= 4 is 18.1 Å². The second-order valence-corrected chi connectivity index (χ2v) is 5.72. The summed E-state index contributed by atoms with van der Waals surface area (Å²) in [5, 5.41) is 18.2. The van der Waals surface area contributed by atoms with Gasteiger partial charge in [0.1, 0.15) is 22.9 Å². The van der Waals surface area contributed by atoms with Crippen molar-refractivity contribution in [2.24, 2.45) is 0 Å². The highest BCUT2D eigenvalue weighted by atomic mass is 16.5. The summed E-state index contributed by atoms with van der Waals surface area (Å²) in [5.41, 5.74) is 0.847. The molecule has 0 spiro atoms. The molecule has 3 N–H and O–H groups in total. The molecule has 27 heavy (non-hydrogen) atoms. The highest BCUT2D eigenvalue weighted by molar-refractivity contribution is 6.03. The van der Waals surface area contributed by atoms with Crippen LogP contribution in [0.2, 0.25) is 0 Å². The van der Waals surface area contributed by atoms with Gasteiger partial charge in [0.25, 0.3) is 5.91 Å². The fraction of sp³-hybridized carbons (Fsp3) is 0.111. The number of hydrogen-bond acceptors (Lipinski definition) is 7. The Morgan fingerprint density at radius 3 is 2.56 bits per heavy atom. The number of carbonyl (C=O) groups excluding carboxylic acids is 1. The molecule has 0 aliphatic carbocycles. The Morgan fingerprint density at radius 1 is 1.19 bits per heavy atom. The van der Waals surface area contributed by atoms with E-state index in [1.54, 1.807) is 19.2 Å². The lowest BCUT2D eigenvalue weighted by atomic mass is 10.2. The summed E-state index contributed by atoms with van der Waals surface area (Å²) in [5.74, 6) is 1.08. The first-order chi connectivity index (χ1) is 13.0. The Kier molecular flexibility index (Phi) is 5.02. The molecule has 3 rings (SSSR count). The molecule has 0 aliphatic rings. The predicted molar refractivity (Wildman–Crippen MR) is 100 cm³/mol. The maximum atomic E-state index is 12.6. The molecule has 9 heteroatoms. The van der Waals surface area contributed by atoms with E-state index in [-0.39, 0.29) is 18.2 Å². The Labute approximate surface area is 156 Å². The maximum Gasteiger partial charge on any atom is 0.260 e. The van der Waals surface area contributed by atoms with Gasteiger partial charge in [-0.3, -0.25) is 20.2 Å². The second kappa shape index (κ2) is 7.56.